The smallest absolute Gasteiger partial charge is 0.339 e. The molecule has 0 bridgehead atoms. The van der Waals surface area contributed by atoms with Crippen LogP contribution >= 0.6 is 0 Å². The van der Waals surface area contributed by atoms with Gasteiger partial charge < -0.3 is 9.64 Å². The van der Waals surface area contributed by atoms with Crippen LogP contribution in [0.15, 0.2) is 24.3 Å². The number of carbonyl (C=O) groups is 2. The first-order valence-corrected chi connectivity index (χ1v) is 8.19. The molecule has 118 valence electrons. The van der Waals surface area contributed by atoms with Crippen molar-refractivity contribution in [2.45, 2.75) is 44.6 Å². The van der Waals surface area contributed by atoms with E-state index in [1.165, 1.54) is 32.1 Å². The molecule has 0 aromatic heterocycles. The lowest BCUT2D eigenvalue weighted by atomic mass is 9.89. The predicted molar refractivity (Wildman–Crippen MR) is 83.6 cm³/mol. The second kappa shape index (κ2) is 6.51. The first-order chi connectivity index (χ1) is 10.6. The molecule has 1 heterocycles. The van der Waals surface area contributed by atoms with Crippen LogP contribution < -0.4 is 0 Å². The van der Waals surface area contributed by atoms with Gasteiger partial charge in [-0.05, 0) is 30.4 Å². The molecule has 1 unspecified atom stereocenters. The topological polar surface area (TPSA) is 46.6 Å². The van der Waals surface area contributed by atoms with Gasteiger partial charge in [-0.15, -0.1) is 0 Å². The fourth-order valence-electron chi connectivity index (χ4n) is 3.56. The number of rotatable bonds is 3. The van der Waals surface area contributed by atoms with E-state index in [1.807, 2.05) is 25.2 Å². The monoisotopic (exact) mass is 301 g/mol. The second-order valence-electron chi connectivity index (χ2n) is 6.48. The Morgan fingerprint density at radius 2 is 1.95 bits per heavy atom. The van der Waals surface area contributed by atoms with Crippen LogP contribution in [0.3, 0.4) is 0 Å². The highest BCUT2D eigenvalue weighted by atomic mass is 16.5. The minimum absolute atomic E-state index is 0.0755. The zero-order chi connectivity index (χ0) is 15.5. The van der Waals surface area contributed by atoms with E-state index in [9.17, 15) is 9.59 Å². The number of ether oxygens (including phenoxy) is 1. The largest absolute Gasteiger partial charge is 0.448 e. The number of likely N-dealkylation sites (N-methyl/N-ethyl adjacent to an activating group) is 1. The van der Waals surface area contributed by atoms with E-state index in [-0.39, 0.29) is 11.9 Å². The molecule has 4 nitrogen and oxygen atoms in total. The van der Waals surface area contributed by atoms with E-state index in [0.29, 0.717) is 17.9 Å². The standard InChI is InChI=1S/C18H23NO3/c1-19(12-13-7-3-2-4-8-13)17(20)16-11-14-9-5-6-10-15(14)18(21)22-16/h5-6,9-10,13,16H,2-4,7-8,11-12H2,1H3. The molecule has 0 radical (unpaired) electrons. The van der Waals surface area contributed by atoms with Crippen molar-refractivity contribution < 1.29 is 14.3 Å². The minimum atomic E-state index is -0.670. The number of fused-ring (bicyclic) bond motifs is 1. The van der Waals surface area contributed by atoms with Crippen LogP contribution in [0.4, 0.5) is 0 Å². The van der Waals surface area contributed by atoms with Gasteiger partial charge in [-0.2, -0.15) is 0 Å². The van der Waals surface area contributed by atoms with Crippen molar-refractivity contribution in [2.75, 3.05) is 13.6 Å². The van der Waals surface area contributed by atoms with Crippen LogP contribution in [0.5, 0.6) is 0 Å². The summed E-state index contributed by atoms with van der Waals surface area (Å²) in [4.78, 5) is 26.3. The van der Waals surface area contributed by atoms with Gasteiger partial charge in [0.2, 0.25) is 0 Å². The molecule has 1 aromatic rings. The predicted octanol–water partition coefficient (Wildman–Crippen LogP) is 2.81. The summed E-state index contributed by atoms with van der Waals surface area (Å²) in [7, 11) is 1.82. The molecule has 1 aliphatic carbocycles. The summed E-state index contributed by atoms with van der Waals surface area (Å²) < 4.78 is 5.35. The molecular weight excluding hydrogens is 278 g/mol. The molecule has 0 N–H and O–H groups in total. The lowest BCUT2D eigenvalue weighted by Gasteiger charge is -2.31. The maximum Gasteiger partial charge on any atom is 0.339 e. The quantitative estimate of drug-likeness (QED) is 0.807. The zero-order valence-electron chi connectivity index (χ0n) is 13.1. The average Bonchev–Trinajstić information content (AvgIpc) is 2.55. The van der Waals surface area contributed by atoms with Crippen LogP contribution in [-0.4, -0.2) is 36.5 Å². The highest BCUT2D eigenvalue weighted by Gasteiger charge is 2.33. The van der Waals surface area contributed by atoms with Crippen molar-refractivity contribution in [1.29, 1.82) is 0 Å². The van der Waals surface area contributed by atoms with Gasteiger partial charge in [0.25, 0.3) is 5.91 Å². The molecule has 0 spiro atoms. The van der Waals surface area contributed by atoms with E-state index < -0.39 is 6.10 Å². The number of amides is 1. The number of cyclic esters (lactones) is 1. The van der Waals surface area contributed by atoms with E-state index >= 15 is 0 Å². The van der Waals surface area contributed by atoms with Gasteiger partial charge in [0.05, 0.1) is 5.56 Å². The summed E-state index contributed by atoms with van der Waals surface area (Å²) in [5.41, 5.74) is 1.49. The summed E-state index contributed by atoms with van der Waals surface area (Å²) in [6.45, 7) is 0.772. The van der Waals surface area contributed by atoms with Crippen molar-refractivity contribution in [3.8, 4) is 0 Å². The van der Waals surface area contributed by atoms with Gasteiger partial charge in [-0.1, -0.05) is 37.5 Å². The Bertz CT molecular complexity index is 563. The third-order valence-corrected chi connectivity index (χ3v) is 4.80. The van der Waals surface area contributed by atoms with Crippen molar-refractivity contribution in [2.24, 2.45) is 5.92 Å². The van der Waals surface area contributed by atoms with Gasteiger partial charge in [-0.25, -0.2) is 4.79 Å². The van der Waals surface area contributed by atoms with Crippen LogP contribution in [0, 0.1) is 5.92 Å². The molecule has 4 heteroatoms. The fourth-order valence-corrected chi connectivity index (χ4v) is 3.56. The Morgan fingerprint density at radius 3 is 2.73 bits per heavy atom. The molecular formula is C18H23NO3. The number of nitrogens with zero attached hydrogens (tertiary/aromatic N) is 1. The van der Waals surface area contributed by atoms with Crippen molar-refractivity contribution >= 4 is 11.9 Å². The number of hydrogen-bond donors (Lipinski definition) is 0. The molecule has 1 aromatic carbocycles. The number of hydrogen-bond acceptors (Lipinski definition) is 3. The molecule has 1 amide bonds. The van der Waals surface area contributed by atoms with E-state index in [0.717, 1.165) is 12.1 Å². The normalized spacial score (nSPS) is 21.9. The first kappa shape index (κ1) is 15.1. The van der Waals surface area contributed by atoms with Crippen molar-refractivity contribution in [3.63, 3.8) is 0 Å². The number of esters is 1. The van der Waals surface area contributed by atoms with Gasteiger partial charge in [0.15, 0.2) is 6.10 Å². The van der Waals surface area contributed by atoms with Crippen LogP contribution in [0.2, 0.25) is 0 Å². The summed E-state index contributed by atoms with van der Waals surface area (Å²) in [6.07, 6.45) is 6.05. The summed E-state index contributed by atoms with van der Waals surface area (Å²) in [6, 6.07) is 7.36. The number of carbonyl (C=O) groups excluding carboxylic acids is 2. The van der Waals surface area contributed by atoms with E-state index in [2.05, 4.69) is 0 Å². The molecule has 1 saturated carbocycles. The highest BCUT2D eigenvalue weighted by Crippen LogP contribution is 2.25. The lowest BCUT2D eigenvalue weighted by molar-refractivity contribution is -0.140. The molecule has 0 saturated heterocycles. The molecule has 1 aliphatic heterocycles. The van der Waals surface area contributed by atoms with Gasteiger partial charge in [0.1, 0.15) is 0 Å². The SMILES string of the molecule is CN(CC1CCCCC1)C(=O)C1Cc2ccccc2C(=O)O1. The molecule has 1 fully saturated rings. The van der Waals surface area contributed by atoms with Crippen LogP contribution in [0.25, 0.3) is 0 Å². The van der Waals surface area contributed by atoms with Crippen molar-refractivity contribution in [1.82, 2.24) is 4.90 Å². The maximum absolute atomic E-state index is 12.6. The van der Waals surface area contributed by atoms with E-state index in [4.69, 9.17) is 4.74 Å². The minimum Gasteiger partial charge on any atom is -0.448 e. The van der Waals surface area contributed by atoms with Gasteiger partial charge >= 0.3 is 5.97 Å². The summed E-state index contributed by atoms with van der Waals surface area (Å²) in [5.74, 6) is 0.133. The second-order valence-corrected chi connectivity index (χ2v) is 6.48. The molecule has 1 atom stereocenters. The Labute approximate surface area is 131 Å². The lowest BCUT2D eigenvalue weighted by Crippen LogP contribution is -2.44. The number of benzene rings is 1. The Balaban J connectivity index is 1.64. The summed E-state index contributed by atoms with van der Waals surface area (Å²) >= 11 is 0. The Kier molecular flexibility index (Phi) is 4.46. The Morgan fingerprint density at radius 1 is 1.23 bits per heavy atom. The molecule has 3 rings (SSSR count). The van der Waals surface area contributed by atoms with E-state index in [1.54, 1.807) is 11.0 Å². The molecule has 22 heavy (non-hydrogen) atoms. The zero-order valence-corrected chi connectivity index (χ0v) is 13.1. The molecule has 2 aliphatic rings. The maximum atomic E-state index is 12.6. The highest BCUT2D eigenvalue weighted by molar-refractivity contribution is 5.95. The first-order valence-electron chi connectivity index (χ1n) is 8.19. The average molecular weight is 301 g/mol. The van der Waals surface area contributed by atoms with Gasteiger partial charge in [0, 0.05) is 20.0 Å². The fraction of sp³-hybridized carbons (Fsp3) is 0.556. The third kappa shape index (κ3) is 3.16. The summed E-state index contributed by atoms with van der Waals surface area (Å²) in [5, 5.41) is 0. The van der Waals surface area contributed by atoms with Crippen LogP contribution in [-0.2, 0) is 16.0 Å². The van der Waals surface area contributed by atoms with Crippen molar-refractivity contribution in [3.05, 3.63) is 35.4 Å². The third-order valence-electron chi connectivity index (χ3n) is 4.80. The Hall–Kier alpha value is -1.84. The van der Waals surface area contributed by atoms with Gasteiger partial charge in [-0.3, -0.25) is 4.79 Å². The van der Waals surface area contributed by atoms with Crippen LogP contribution in [0.1, 0.15) is 48.0 Å².